The first-order chi connectivity index (χ1) is 7.75. The van der Waals surface area contributed by atoms with Gasteiger partial charge in [-0.2, -0.15) is 5.10 Å². The summed E-state index contributed by atoms with van der Waals surface area (Å²) in [5.41, 5.74) is 1.24. The summed E-state index contributed by atoms with van der Waals surface area (Å²) in [6.45, 7) is 0. The van der Waals surface area contributed by atoms with Gasteiger partial charge < -0.3 is 0 Å². The van der Waals surface area contributed by atoms with E-state index in [9.17, 15) is 0 Å². The van der Waals surface area contributed by atoms with Gasteiger partial charge in [0.2, 0.25) is 0 Å². The molecule has 0 aliphatic carbocycles. The van der Waals surface area contributed by atoms with Crippen LogP contribution in [0.2, 0.25) is 5.02 Å². The molecule has 2 rings (SSSR count). The number of hydrogen-bond acceptors (Lipinski definition) is 3. The smallest absolute Gasteiger partial charge is 0.138 e. The molecule has 0 radical (unpaired) electrons. The van der Waals surface area contributed by atoms with E-state index in [0.717, 1.165) is 22.4 Å². The van der Waals surface area contributed by atoms with E-state index < -0.39 is 0 Å². The maximum atomic E-state index is 5.91. The number of aryl methyl sites for hydroxylation is 1. The first kappa shape index (κ1) is 11.5. The van der Waals surface area contributed by atoms with Crippen LogP contribution in [0.15, 0.2) is 30.6 Å². The molecular formula is C11H12ClN3S. The topological polar surface area (TPSA) is 30.7 Å². The van der Waals surface area contributed by atoms with E-state index >= 15 is 0 Å². The summed E-state index contributed by atoms with van der Waals surface area (Å²) in [6, 6.07) is 7.93. The molecule has 1 aromatic carbocycles. The molecule has 0 fully saturated rings. The van der Waals surface area contributed by atoms with Crippen LogP contribution in [0, 0.1) is 0 Å². The Morgan fingerprint density at radius 2 is 2.25 bits per heavy atom. The van der Waals surface area contributed by atoms with Crippen molar-refractivity contribution in [1.29, 1.82) is 0 Å². The predicted octanol–water partition coefficient (Wildman–Crippen LogP) is 2.90. The standard InChI is InChI=1S/C11H12ClN3S/c1-15-11(13-8-14-15)7-16-6-9-3-2-4-10(12)5-9/h2-5,8H,6-7H2,1H3. The van der Waals surface area contributed by atoms with Crippen molar-refractivity contribution in [3.63, 3.8) is 0 Å². The molecule has 0 saturated carbocycles. The van der Waals surface area contributed by atoms with Gasteiger partial charge in [0.1, 0.15) is 12.2 Å². The maximum Gasteiger partial charge on any atom is 0.138 e. The van der Waals surface area contributed by atoms with Crippen LogP contribution >= 0.6 is 23.4 Å². The average Bonchev–Trinajstić information content (AvgIpc) is 2.65. The summed E-state index contributed by atoms with van der Waals surface area (Å²) in [4.78, 5) is 4.17. The monoisotopic (exact) mass is 253 g/mol. The van der Waals surface area contributed by atoms with E-state index in [2.05, 4.69) is 16.1 Å². The zero-order valence-electron chi connectivity index (χ0n) is 8.93. The summed E-state index contributed by atoms with van der Waals surface area (Å²) in [6.07, 6.45) is 1.58. The minimum atomic E-state index is 0.789. The van der Waals surface area contributed by atoms with Gasteiger partial charge in [-0.1, -0.05) is 23.7 Å². The molecule has 84 valence electrons. The Bertz CT molecular complexity index is 470. The molecule has 3 nitrogen and oxygen atoms in total. The number of aromatic nitrogens is 3. The van der Waals surface area contributed by atoms with E-state index in [1.165, 1.54) is 5.56 Å². The van der Waals surface area contributed by atoms with E-state index in [0.29, 0.717) is 0 Å². The summed E-state index contributed by atoms with van der Waals surface area (Å²) >= 11 is 7.72. The summed E-state index contributed by atoms with van der Waals surface area (Å²) in [5, 5.41) is 4.82. The summed E-state index contributed by atoms with van der Waals surface area (Å²) in [5.74, 6) is 2.79. The van der Waals surface area contributed by atoms with E-state index in [1.54, 1.807) is 22.8 Å². The van der Waals surface area contributed by atoms with Gasteiger partial charge in [0.05, 0.1) is 5.75 Å². The van der Waals surface area contributed by atoms with Crippen molar-refractivity contribution in [2.75, 3.05) is 0 Å². The number of halogens is 1. The van der Waals surface area contributed by atoms with Gasteiger partial charge in [-0.25, -0.2) is 4.98 Å². The molecule has 0 amide bonds. The van der Waals surface area contributed by atoms with Crippen LogP contribution in [-0.2, 0) is 18.6 Å². The molecule has 2 aromatic rings. The fourth-order valence-corrected chi connectivity index (χ4v) is 2.51. The third kappa shape index (κ3) is 3.00. The van der Waals surface area contributed by atoms with Crippen molar-refractivity contribution in [2.24, 2.45) is 7.05 Å². The SMILES string of the molecule is Cn1ncnc1CSCc1cccc(Cl)c1. The fourth-order valence-electron chi connectivity index (χ4n) is 1.34. The van der Waals surface area contributed by atoms with Gasteiger partial charge in [0.25, 0.3) is 0 Å². The molecule has 0 N–H and O–H groups in total. The van der Waals surface area contributed by atoms with Crippen molar-refractivity contribution in [2.45, 2.75) is 11.5 Å². The van der Waals surface area contributed by atoms with Crippen molar-refractivity contribution >= 4 is 23.4 Å². The lowest BCUT2D eigenvalue weighted by Gasteiger charge is -2.02. The molecule has 0 atom stereocenters. The average molecular weight is 254 g/mol. The Morgan fingerprint density at radius 3 is 2.94 bits per heavy atom. The van der Waals surface area contributed by atoms with Crippen molar-refractivity contribution in [3.8, 4) is 0 Å². The number of benzene rings is 1. The number of nitrogens with zero attached hydrogens (tertiary/aromatic N) is 3. The normalized spacial score (nSPS) is 10.6. The van der Waals surface area contributed by atoms with Crippen LogP contribution in [0.5, 0.6) is 0 Å². The Labute approximate surface area is 104 Å². The highest BCUT2D eigenvalue weighted by Gasteiger charge is 2.01. The lowest BCUT2D eigenvalue weighted by atomic mass is 10.2. The van der Waals surface area contributed by atoms with Gasteiger partial charge in [-0.3, -0.25) is 4.68 Å². The zero-order valence-corrected chi connectivity index (χ0v) is 10.5. The molecule has 5 heteroatoms. The van der Waals surface area contributed by atoms with Crippen LogP contribution < -0.4 is 0 Å². The number of rotatable bonds is 4. The third-order valence-electron chi connectivity index (χ3n) is 2.19. The largest absolute Gasteiger partial charge is 0.252 e. The molecule has 0 aliphatic heterocycles. The highest BCUT2D eigenvalue weighted by Crippen LogP contribution is 2.18. The molecule has 0 spiro atoms. The molecule has 0 bridgehead atoms. The minimum absolute atomic E-state index is 0.789. The number of thioether (sulfide) groups is 1. The molecule has 0 saturated heterocycles. The van der Waals surface area contributed by atoms with Crippen LogP contribution in [0.25, 0.3) is 0 Å². The van der Waals surface area contributed by atoms with E-state index in [4.69, 9.17) is 11.6 Å². The molecular weight excluding hydrogens is 242 g/mol. The van der Waals surface area contributed by atoms with Gasteiger partial charge in [-0.05, 0) is 17.7 Å². The van der Waals surface area contributed by atoms with Crippen LogP contribution in [0.1, 0.15) is 11.4 Å². The first-order valence-electron chi connectivity index (χ1n) is 4.91. The quantitative estimate of drug-likeness (QED) is 0.840. The lowest BCUT2D eigenvalue weighted by Crippen LogP contribution is -1.97. The Hall–Kier alpha value is -1.00. The van der Waals surface area contributed by atoms with Crippen LogP contribution in [-0.4, -0.2) is 14.8 Å². The van der Waals surface area contributed by atoms with E-state index in [-0.39, 0.29) is 0 Å². The number of hydrogen-bond donors (Lipinski definition) is 0. The van der Waals surface area contributed by atoms with Crippen LogP contribution in [0.3, 0.4) is 0 Å². The summed E-state index contributed by atoms with van der Waals surface area (Å²) < 4.78 is 1.80. The second kappa shape index (κ2) is 5.37. The molecule has 16 heavy (non-hydrogen) atoms. The van der Waals surface area contributed by atoms with Crippen molar-refractivity contribution in [1.82, 2.24) is 14.8 Å². The summed E-state index contributed by atoms with van der Waals surface area (Å²) in [7, 11) is 1.91. The first-order valence-corrected chi connectivity index (χ1v) is 6.44. The Morgan fingerprint density at radius 1 is 1.38 bits per heavy atom. The van der Waals surface area contributed by atoms with Crippen molar-refractivity contribution in [3.05, 3.63) is 47.0 Å². The minimum Gasteiger partial charge on any atom is -0.252 e. The van der Waals surface area contributed by atoms with Gasteiger partial charge in [0.15, 0.2) is 0 Å². The Balaban J connectivity index is 1.87. The molecule has 0 unspecified atom stereocenters. The second-order valence-electron chi connectivity index (χ2n) is 3.42. The van der Waals surface area contributed by atoms with Gasteiger partial charge >= 0.3 is 0 Å². The molecule has 1 heterocycles. The second-order valence-corrected chi connectivity index (χ2v) is 4.84. The highest BCUT2D eigenvalue weighted by molar-refractivity contribution is 7.97. The maximum absolute atomic E-state index is 5.91. The van der Waals surface area contributed by atoms with Gasteiger partial charge in [-0.15, -0.1) is 11.8 Å². The lowest BCUT2D eigenvalue weighted by molar-refractivity contribution is 0.730. The third-order valence-corrected chi connectivity index (χ3v) is 3.43. The molecule has 1 aromatic heterocycles. The predicted molar refractivity (Wildman–Crippen MR) is 67.5 cm³/mol. The molecule has 0 aliphatic rings. The Kier molecular flexibility index (Phi) is 3.85. The fraction of sp³-hybridized carbons (Fsp3) is 0.273. The van der Waals surface area contributed by atoms with E-state index in [1.807, 2.05) is 25.2 Å². The van der Waals surface area contributed by atoms with Gasteiger partial charge in [0, 0.05) is 17.8 Å². The zero-order chi connectivity index (χ0) is 11.4. The van der Waals surface area contributed by atoms with Crippen LogP contribution in [0.4, 0.5) is 0 Å². The highest BCUT2D eigenvalue weighted by atomic mass is 35.5. The van der Waals surface area contributed by atoms with Crippen molar-refractivity contribution < 1.29 is 0 Å².